The Kier molecular flexibility index (Phi) is 3.47. The molecular weight excluding hydrogens is 206 g/mol. The molecule has 1 aromatic heterocycles. The second kappa shape index (κ2) is 4.47. The molecule has 16 heavy (non-hydrogen) atoms. The number of anilines is 1. The first-order valence-electron chi connectivity index (χ1n) is 5.10. The van der Waals surface area contributed by atoms with Gasteiger partial charge in [0.15, 0.2) is 0 Å². The number of carbonyl (C=O) groups is 1. The molecule has 2 N–H and O–H groups in total. The topological polar surface area (TPSA) is 75.1 Å². The van der Waals surface area contributed by atoms with E-state index in [2.05, 4.69) is 15.3 Å². The van der Waals surface area contributed by atoms with Crippen LogP contribution in [0.3, 0.4) is 0 Å². The lowest BCUT2D eigenvalue weighted by Gasteiger charge is -2.25. The first-order chi connectivity index (χ1) is 7.30. The predicted octanol–water partition coefficient (Wildman–Crippen LogP) is 1.76. The van der Waals surface area contributed by atoms with Gasteiger partial charge in [-0.2, -0.15) is 0 Å². The molecule has 1 rings (SSSR count). The number of carboxylic acid groups (broad SMARTS) is 1. The van der Waals surface area contributed by atoms with E-state index in [1.165, 1.54) is 0 Å². The smallest absolute Gasteiger partial charge is 0.305 e. The van der Waals surface area contributed by atoms with Gasteiger partial charge in [0.25, 0.3) is 0 Å². The Hall–Kier alpha value is -1.65. The second-order valence-corrected chi connectivity index (χ2v) is 4.52. The molecule has 0 aliphatic carbocycles. The van der Waals surface area contributed by atoms with Gasteiger partial charge in [0.05, 0.1) is 17.8 Å². The lowest BCUT2D eigenvalue weighted by molar-refractivity contribution is -0.137. The second-order valence-electron chi connectivity index (χ2n) is 4.52. The first kappa shape index (κ1) is 12.4. The van der Waals surface area contributed by atoms with E-state index in [0.29, 0.717) is 5.82 Å². The number of aromatic nitrogens is 2. The monoisotopic (exact) mass is 223 g/mol. The van der Waals surface area contributed by atoms with Crippen LogP contribution >= 0.6 is 0 Å². The Morgan fingerprint density at radius 3 is 2.69 bits per heavy atom. The molecule has 0 amide bonds. The van der Waals surface area contributed by atoms with Crippen molar-refractivity contribution in [3.8, 4) is 0 Å². The minimum absolute atomic E-state index is 0.0298. The van der Waals surface area contributed by atoms with Gasteiger partial charge < -0.3 is 10.4 Å². The van der Waals surface area contributed by atoms with Crippen molar-refractivity contribution in [2.45, 2.75) is 39.7 Å². The minimum atomic E-state index is -0.837. The van der Waals surface area contributed by atoms with Crippen molar-refractivity contribution < 1.29 is 9.90 Å². The van der Waals surface area contributed by atoms with E-state index in [1.54, 1.807) is 6.20 Å². The number of nitrogens with one attached hydrogen (secondary N) is 1. The van der Waals surface area contributed by atoms with Crippen LogP contribution in [-0.2, 0) is 4.79 Å². The van der Waals surface area contributed by atoms with Crippen molar-refractivity contribution in [1.29, 1.82) is 0 Å². The van der Waals surface area contributed by atoms with Crippen LogP contribution in [0.2, 0.25) is 0 Å². The summed E-state index contributed by atoms with van der Waals surface area (Å²) in [4.78, 5) is 19.1. The summed E-state index contributed by atoms with van der Waals surface area (Å²) in [7, 11) is 0. The lowest BCUT2D eigenvalue weighted by Crippen LogP contribution is -2.34. The summed E-state index contributed by atoms with van der Waals surface area (Å²) in [6.45, 7) is 7.34. The van der Waals surface area contributed by atoms with Crippen LogP contribution in [0, 0.1) is 13.8 Å². The van der Waals surface area contributed by atoms with Crippen LogP contribution in [0.1, 0.15) is 31.7 Å². The van der Waals surface area contributed by atoms with Crippen LogP contribution in [0.5, 0.6) is 0 Å². The molecule has 0 spiro atoms. The predicted molar refractivity (Wildman–Crippen MR) is 61.5 cm³/mol. The highest BCUT2D eigenvalue weighted by Crippen LogP contribution is 2.18. The average molecular weight is 223 g/mol. The van der Waals surface area contributed by atoms with Crippen LogP contribution in [-0.4, -0.2) is 26.6 Å². The molecule has 1 heterocycles. The lowest BCUT2D eigenvalue weighted by atomic mass is 10.0. The van der Waals surface area contributed by atoms with Crippen molar-refractivity contribution in [1.82, 2.24) is 9.97 Å². The van der Waals surface area contributed by atoms with E-state index < -0.39 is 11.5 Å². The SMILES string of the molecule is Cc1cnc(C)c(NC(C)(C)CC(=O)O)n1. The van der Waals surface area contributed by atoms with Gasteiger partial charge in [0, 0.05) is 11.7 Å². The molecule has 0 aromatic carbocycles. The molecule has 0 aliphatic heterocycles. The molecular formula is C11H17N3O2. The molecule has 0 unspecified atom stereocenters. The molecule has 0 saturated carbocycles. The molecule has 0 aliphatic rings. The van der Waals surface area contributed by atoms with Gasteiger partial charge >= 0.3 is 5.97 Å². The molecule has 0 fully saturated rings. The third-order valence-corrected chi connectivity index (χ3v) is 2.13. The molecule has 88 valence electrons. The molecule has 5 heteroatoms. The van der Waals surface area contributed by atoms with Crippen molar-refractivity contribution in [3.05, 3.63) is 17.6 Å². The summed E-state index contributed by atoms with van der Waals surface area (Å²) in [5.41, 5.74) is 1.03. The van der Waals surface area contributed by atoms with Crippen LogP contribution in [0.25, 0.3) is 0 Å². The van der Waals surface area contributed by atoms with Crippen LogP contribution < -0.4 is 5.32 Å². The Balaban J connectivity index is 2.86. The van der Waals surface area contributed by atoms with Crippen molar-refractivity contribution in [3.63, 3.8) is 0 Å². The Morgan fingerprint density at radius 1 is 1.50 bits per heavy atom. The molecule has 5 nitrogen and oxygen atoms in total. The van der Waals surface area contributed by atoms with Gasteiger partial charge in [0.2, 0.25) is 0 Å². The fourth-order valence-corrected chi connectivity index (χ4v) is 1.40. The fraction of sp³-hybridized carbons (Fsp3) is 0.545. The standard InChI is InChI=1S/C11H17N3O2/c1-7-6-12-8(2)10(13-7)14-11(3,4)5-9(15)16/h6H,5H2,1-4H3,(H,13,14)(H,15,16). The molecule has 0 saturated heterocycles. The summed E-state index contributed by atoms with van der Waals surface area (Å²) < 4.78 is 0. The Morgan fingerprint density at radius 2 is 2.12 bits per heavy atom. The maximum Gasteiger partial charge on any atom is 0.305 e. The molecule has 0 radical (unpaired) electrons. The van der Waals surface area contributed by atoms with E-state index in [-0.39, 0.29) is 6.42 Å². The average Bonchev–Trinajstić information content (AvgIpc) is 2.08. The van der Waals surface area contributed by atoms with Crippen LogP contribution in [0.15, 0.2) is 6.20 Å². The summed E-state index contributed by atoms with van der Waals surface area (Å²) in [6, 6.07) is 0. The Labute approximate surface area is 94.9 Å². The highest BCUT2D eigenvalue weighted by Gasteiger charge is 2.22. The third-order valence-electron chi connectivity index (χ3n) is 2.13. The highest BCUT2D eigenvalue weighted by atomic mass is 16.4. The number of hydrogen-bond acceptors (Lipinski definition) is 4. The van der Waals surface area contributed by atoms with Crippen molar-refractivity contribution >= 4 is 11.8 Å². The van der Waals surface area contributed by atoms with Crippen molar-refractivity contribution in [2.75, 3.05) is 5.32 Å². The largest absolute Gasteiger partial charge is 0.481 e. The van der Waals surface area contributed by atoms with E-state index in [1.807, 2.05) is 27.7 Å². The maximum atomic E-state index is 10.7. The number of hydrogen-bond donors (Lipinski definition) is 2. The number of nitrogens with zero attached hydrogens (tertiary/aromatic N) is 2. The van der Waals surface area contributed by atoms with E-state index in [4.69, 9.17) is 5.11 Å². The van der Waals surface area contributed by atoms with Gasteiger partial charge in [-0.25, -0.2) is 4.98 Å². The number of aliphatic carboxylic acids is 1. The zero-order chi connectivity index (χ0) is 12.3. The van der Waals surface area contributed by atoms with Gasteiger partial charge in [-0.3, -0.25) is 9.78 Å². The highest BCUT2D eigenvalue weighted by molar-refractivity contribution is 5.69. The van der Waals surface area contributed by atoms with E-state index in [9.17, 15) is 4.79 Å². The minimum Gasteiger partial charge on any atom is -0.481 e. The zero-order valence-electron chi connectivity index (χ0n) is 10.0. The molecule has 0 atom stereocenters. The Bertz CT molecular complexity index is 402. The van der Waals surface area contributed by atoms with E-state index >= 15 is 0 Å². The quantitative estimate of drug-likeness (QED) is 0.813. The summed E-state index contributed by atoms with van der Waals surface area (Å²) in [6.07, 6.45) is 1.72. The number of rotatable bonds is 4. The summed E-state index contributed by atoms with van der Waals surface area (Å²) in [5, 5.41) is 11.9. The number of carboxylic acids is 1. The summed E-state index contributed by atoms with van der Waals surface area (Å²) in [5.74, 6) is -0.193. The van der Waals surface area contributed by atoms with Gasteiger partial charge in [-0.1, -0.05) is 0 Å². The third kappa shape index (κ3) is 3.49. The zero-order valence-corrected chi connectivity index (χ0v) is 10.0. The summed E-state index contributed by atoms with van der Waals surface area (Å²) >= 11 is 0. The maximum absolute atomic E-state index is 10.7. The van der Waals surface area contributed by atoms with Crippen molar-refractivity contribution in [2.24, 2.45) is 0 Å². The van der Waals surface area contributed by atoms with Gasteiger partial charge in [-0.15, -0.1) is 0 Å². The normalized spacial score (nSPS) is 11.2. The molecule has 1 aromatic rings. The fourth-order valence-electron chi connectivity index (χ4n) is 1.40. The van der Waals surface area contributed by atoms with Crippen LogP contribution in [0.4, 0.5) is 5.82 Å². The van der Waals surface area contributed by atoms with Gasteiger partial charge in [-0.05, 0) is 27.7 Å². The number of aryl methyl sites for hydroxylation is 2. The molecule has 0 bridgehead atoms. The first-order valence-corrected chi connectivity index (χ1v) is 5.10. The van der Waals surface area contributed by atoms with E-state index in [0.717, 1.165) is 11.4 Å². The van der Waals surface area contributed by atoms with Gasteiger partial charge in [0.1, 0.15) is 5.82 Å².